The van der Waals surface area contributed by atoms with Crippen LogP contribution < -0.4 is 10.5 Å². The number of ether oxygens (including phenoxy) is 1. The molecule has 0 fully saturated rings. The smallest absolute Gasteiger partial charge is 0.164 e. The van der Waals surface area contributed by atoms with Gasteiger partial charge in [-0.05, 0) is 23.8 Å². The number of carbonyl (C=O) groups is 1. The first-order chi connectivity index (χ1) is 9.13. The lowest BCUT2D eigenvalue weighted by Gasteiger charge is -2.14. The average molecular weight is 259 g/mol. The number of aliphatic hydroxyl groups is 1. The first-order valence-electron chi connectivity index (χ1n) is 6.17. The predicted molar refractivity (Wildman–Crippen MR) is 74.5 cm³/mol. The van der Waals surface area contributed by atoms with Crippen LogP contribution in [0.5, 0.6) is 5.75 Å². The summed E-state index contributed by atoms with van der Waals surface area (Å²) in [5, 5.41) is 11.3. The van der Waals surface area contributed by atoms with Crippen LogP contribution in [0.15, 0.2) is 36.4 Å². The van der Waals surface area contributed by atoms with Gasteiger partial charge in [-0.1, -0.05) is 30.3 Å². The Morgan fingerprint density at radius 3 is 2.74 bits per heavy atom. The fourth-order valence-corrected chi connectivity index (χ4v) is 1.99. The molecule has 0 saturated carbocycles. The van der Waals surface area contributed by atoms with Crippen LogP contribution in [0.3, 0.4) is 0 Å². The minimum atomic E-state index is -0.730. The standard InChI is InChI=1S/C15H17NO3/c1-10(17)15-13-5-3-2-4-11(13)6-7-14(15)19-9-12(18)8-16/h2-7,12,18H,8-9,16H2,1H3/t12-/m0/s1. The third-order valence-corrected chi connectivity index (χ3v) is 2.95. The van der Waals surface area contributed by atoms with Gasteiger partial charge in [-0.25, -0.2) is 0 Å². The number of hydrogen-bond acceptors (Lipinski definition) is 4. The normalized spacial score (nSPS) is 12.4. The average Bonchev–Trinajstić information content (AvgIpc) is 2.43. The van der Waals surface area contributed by atoms with Gasteiger partial charge in [0.15, 0.2) is 5.78 Å². The highest BCUT2D eigenvalue weighted by Crippen LogP contribution is 2.28. The van der Waals surface area contributed by atoms with Crippen LogP contribution in [0.1, 0.15) is 17.3 Å². The van der Waals surface area contributed by atoms with E-state index in [-0.39, 0.29) is 18.9 Å². The van der Waals surface area contributed by atoms with E-state index in [4.69, 9.17) is 10.5 Å². The van der Waals surface area contributed by atoms with Crippen LogP contribution in [-0.4, -0.2) is 30.1 Å². The lowest BCUT2D eigenvalue weighted by atomic mass is 10.0. The predicted octanol–water partition coefficient (Wildman–Crippen LogP) is 1.74. The number of Topliss-reactive ketones (excluding diaryl/α,β-unsaturated/α-hetero) is 1. The molecule has 1 atom stereocenters. The fraction of sp³-hybridized carbons (Fsp3) is 0.267. The molecule has 0 radical (unpaired) electrons. The molecule has 2 aromatic carbocycles. The van der Waals surface area contributed by atoms with Gasteiger partial charge >= 0.3 is 0 Å². The SMILES string of the molecule is CC(=O)c1c(OC[C@@H](O)CN)ccc2ccccc12. The zero-order valence-corrected chi connectivity index (χ0v) is 10.8. The monoisotopic (exact) mass is 259 g/mol. The molecule has 0 saturated heterocycles. The Morgan fingerprint density at radius 2 is 2.05 bits per heavy atom. The molecule has 0 aliphatic rings. The van der Waals surface area contributed by atoms with E-state index in [2.05, 4.69) is 0 Å². The van der Waals surface area contributed by atoms with E-state index in [0.717, 1.165) is 10.8 Å². The van der Waals surface area contributed by atoms with E-state index in [1.807, 2.05) is 30.3 Å². The van der Waals surface area contributed by atoms with Gasteiger partial charge in [-0.2, -0.15) is 0 Å². The molecule has 2 aromatic rings. The quantitative estimate of drug-likeness (QED) is 0.802. The van der Waals surface area contributed by atoms with Crippen molar-refractivity contribution in [1.82, 2.24) is 0 Å². The summed E-state index contributed by atoms with van der Waals surface area (Å²) in [6, 6.07) is 11.3. The van der Waals surface area contributed by atoms with Crippen molar-refractivity contribution < 1.29 is 14.6 Å². The maximum Gasteiger partial charge on any atom is 0.164 e. The Hall–Kier alpha value is -1.91. The van der Waals surface area contributed by atoms with Crippen LogP contribution in [-0.2, 0) is 0 Å². The van der Waals surface area contributed by atoms with Crippen molar-refractivity contribution in [2.75, 3.05) is 13.2 Å². The highest BCUT2D eigenvalue weighted by molar-refractivity contribution is 6.09. The summed E-state index contributed by atoms with van der Waals surface area (Å²) in [5.41, 5.74) is 5.87. The number of carbonyl (C=O) groups excluding carboxylic acids is 1. The van der Waals surface area contributed by atoms with Crippen molar-refractivity contribution in [3.8, 4) is 5.75 Å². The number of rotatable bonds is 5. The third-order valence-electron chi connectivity index (χ3n) is 2.95. The van der Waals surface area contributed by atoms with Crippen molar-refractivity contribution in [2.24, 2.45) is 5.73 Å². The molecule has 4 heteroatoms. The Morgan fingerprint density at radius 1 is 1.32 bits per heavy atom. The van der Waals surface area contributed by atoms with Crippen molar-refractivity contribution in [3.63, 3.8) is 0 Å². The molecule has 0 aliphatic carbocycles. The maximum atomic E-state index is 11.8. The van der Waals surface area contributed by atoms with E-state index >= 15 is 0 Å². The number of nitrogens with two attached hydrogens (primary N) is 1. The molecule has 0 aromatic heterocycles. The second kappa shape index (κ2) is 5.82. The lowest BCUT2D eigenvalue weighted by Crippen LogP contribution is -2.26. The summed E-state index contributed by atoms with van der Waals surface area (Å²) in [5.74, 6) is 0.424. The molecule has 0 bridgehead atoms. The summed E-state index contributed by atoms with van der Waals surface area (Å²) in [4.78, 5) is 11.8. The van der Waals surface area contributed by atoms with Crippen molar-refractivity contribution in [2.45, 2.75) is 13.0 Å². The first-order valence-corrected chi connectivity index (χ1v) is 6.17. The van der Waals surface area contributed by atoms with Gasteiger partial charge in [0.2, 0.25) is 0 Å². The Balaban J connectivity index is 2.43. The summed E-state index contributed by atoms with van der Waals surface area (Å²) in [6.45, 7) is 1.71. The third kappa shape index (κ3) is 2.92. The number of fused-ring (bicyclic) bond motifs is 1. The Kier molecular flexibility index (Phi) is 4.14. The minimum Gasteiger partial charge on any atom is -0.490 e. The zero-order chi connectivity index (χ0) is 13.8. The summed E-state index contributed by atoms with van der Waals surface area (Å²) in [6.07, 6.45) is -0.730. The molecule has 0 unspecified atom stereocenters. The van der Waals surface area contributed by atoms with Gasteiger partial charge < -0.3 is 15.6 Å². The fourth-order valence-electron chi connectivity index (χ4n) is 1.99. The molecule has 0 aliphatic heterocycles. The molecule has 19 heavy (non-hydrogen) atoms. The van der Waals surface area contributed by atoms with Gasteiger partial charge in [0.25, 0.3) is 0 Å². The van der Waals surface area contributed by atoms with Crippen LogP contribution >= 0.6 is 0 Å². The highest BCUT2D eigenvalue weighted by Gasteiger charge is 2.14. The van der Waals surface area contributed by atoms with E-state index in [1.165, 1.54) is 6.92 Å². The molecule has 0 spiro atoms. The molecular weight excluding hydrogens is 242 g/mol. The van der Waals surface area contributed by atoms with E-state index in [1.54, 1.807) is 6.07 Å². The largest absolute Gasteiger partial charge is 0.490 e. The molecule has 2 rings (SSSR count). The second-order valence-electron chi connectivity index (χ2n) is 4.42. The Bertz CT molecular complexity index is 595. The molecule has 100 valence electrons. The maximum absolute atomic E-state index is 11.8. The van der Waals surface area contributed by atoms with Gasteiger partial charge in [-0.15, -0.1) is 0 Å². The zero-order valence-electron chi connectivity index (χ0n) is 10.8. The second-order valence-corrected chi connectivity index (χ2v) is 4.42. The molecule has 0 amide bonds. The topological polar surface area (TPSA) is 72.5 Å². The van der Waals surface area contributed by atoms with E-state index in [0.29, 0.717) is 11.3 Å². The van der Waals surface area contributed by atoms with E-state index in [9.17, 15) is 9.90 Å². The number of hydrogen-bond donors (Lipinski definition) is 2. The number of ketones is 1. The Labute approximate surface area is 111 Å². The van der Waals surface area contributed by atoms with Gasteiger partial charge in [-0.3, -0.25) is 4.79 Å². The molecular formula is C15H17NO3. The van der Waals surface area contributed by atoms with Crippen LogP contribution in [0, 0.1) is 0 Å². The molecule has 0 heterocycles. The first kappa shape index (κ1) is 13.5. The van der Waals surface area contributed by atoms with Crippen LogP contribution in [0.2, 0.25) is 0 Å². The van der Waals surface area contributed by atoms with E-state index < -0.39 is 6.10 Å². The summed E-state index contributed by atoms with van der Waals surface area (Å²) < 4.78 is 5.51. The highest BCUT2D eigenvalue weighted by atomic mass is 16.5. The van der Waals surface area contributed by atoms with Gasteiger partial charge in [0.1, 0.15) is 18.5 Å². The summed E-state index contributed by atoms with van der Waals surface area (Å²) >= 11 is 0. The number of aliphatic hydroxyl groups excluding tert-OH is 1. The van der Waals surface area contributed by atoms with Gasteiger partial charge in [0, 0.05) is 6.54 Å². The lowest BCUT2D eigenvalue weighted by molar-refractivity contribution is 0.0990. The summed E-state index contributed by atoms with van der Waals surface area (Å²) in [7, 11) is 0. The van der Waals surface area contributed by atoms with Crippen LogP contribution in [0.25, 0.3) is 10.8 Å². The minimum absolute atomic E-state index is 0.0611. The number of benzene rings is 2. The van der Waals surface area contributed by atoms with Gasteiger partial charge in [0.05, 0.1) is 5.56 Å². The van der Waals surface area contributed by atoms with Crippen molar-refractivity contribution in [3.05, 3.63) is 42.0 Å². The van der Waals surface area contributed by atoms with Crippen LogP contribution in [0.4, 0.5) is 0 Å². The van der Waals surface area contributed by atoms with Crippen molar-refractivity contribution >= 4 is 16.6 Å². The molecule has 3 N–H and O–H groups in total. The molecule has 4 nitrogen and oxygen atoms in total. The van der Waals surface area contributed by atoms with Crippen molar-refractivity contribution in [1.29, 1.82) is 0 Å².